The van der Waals surface area contributed by atoms with Crippen molar-refractivity contribution in [2.75, 3.05) is 0 Å². The second kappa shape index (κ2) is 3.74. The van der Waals surface area contributed by atoms with E-state index in [9.17, 15) is 4.79 Å². The van der Waals surface area contributed by atoms with Crippen molar-refractivity contribution in [3.63, 3.8) is 0 Å². The number of aromatic carboxylic acids is 1. The fourth-order valence-electron chi connectivity index (χ4n) is 1.92. The Bertz CT molecular complexity index is 427. The lowest BCUT2D eigenvalue weighted by molar-refractivity contribution is 0.0696. The van der Waals surface area contributed by atoms with Crippen LogP contribution in [-0.4, -0.2) is 11.1 Å². The third-order valence-corrected chi connectivity index (χ3v) is 2.93. The highest BCUT2D eigenvalue weighted by Gasteiger charge is 2.30. The van der Waals surface area contributed by atoms with Crippen LogP contribution in [0.25, 0.3) is 0 Å². The Morgan fingerprint density at radius 1 is 1.47 bits per heavy atom. The number of hydrogen-bond donors (Lipinski definition) is 1. The number of hydrogen-bond acceptors (Lipinski definition) is 2. The van der Waals surface area contributed by atoms with Crippen LogP contribution in [0.1, 0.15) is 34.7 Å². The quantitative estimate of drug-likeness (QED) is 0.799. The van der Waals surface area contributed by atoms with E-state index >= 15 is 0 Å². The summed E-state index contributed by atoms with van der Waals surface area (Å²) in [4.78, 5) is 10.8. The Labute approximate surface area is 88.0 Å². The van der Waals surface area contributed by atoms with Gasteiger partial charge in [-0.25, -0.2) is 4.79 Å². The smallest absolute Gasteiger partial charge is 0.335 e. The predicted octanol–water partition coefficient (Wildman–Crippen LogP) is 2.40. The standard InChI is InChI=1S/C12H11NO2/c13-7-8-4-11(5-8)9-2-1-3-10(6-9)12(14)15/h1-3,6,8,11H,4-5H2,(H,14,15). The molecule has 0 aromatic heterocycles. The van der Waals surface area contributed by atoms with Crippen LogP contribution in [0.4, 0.5) is 0 Å². The molecule has 0 bridgehead atoms. The van der Waals surface area contributed by atoms with Crippen LogP contribution in [0.3, 0.4) is 0 Å². The fourth-order valence-corrected chi connectivity index (χ4v) is 1.92. The van der Waals surface area contributed by atoms with E-state index in [1.54, 1.807) is 18.2 Å². The molecule has 76 valence electrons. The molecule has 0 spiro atoms. The molecular weight excluding hydrogens is 190 g/mol. The van der Waals surface area contributed by atoms with E-state index in [0.717, 1.165) is 18.4 Å². The van der Waals surface area contributed by atoms with Crippen molar-refractivity contribution in [3.05, 3.63) is 35.4 Å². The summed E-state index contributed by atoms with van der Waals surface area (Å²) in [5.41, 5.74) is 1.37. The van der Waals surface area contributed by atoms with Gasteiger partial charge < -0.3 is 5.11 Å². The van der Waals surface area contributed by atoms with Gasteiger partial charge in [0.1, 0.15) is 0 Å². The lowest BCUT2D eigenvalue weighted by Gasteiger charge is -2.31. The van der Waals surface area contributed by atoms with Gasteiger partial charge in [0, 0.05) is 5.92 Å². The van der Waals surface area contributed by atoms with Crippen LogP contribution < -0.4 is 0 Å². The van der Waals surface area contributed by atoms with Crippen molar-refractivity contribution in [2.45, 2.75) is 18.8 Å². The van der Waals surface area contributed by atoms with Crippen LogP contribution in [-0.2, 0) is 0 Å². The van der Waals surface area contributed by atoms with Gasteiger partial charge >= 0.3 is 5.97 Å². The highest BCUT2D eigenvalue weighted by atomic mass is 16.4. The Hall–Kier alpha value is -1.82. The highest BCUT2D eigenvalue weighted by molar-refractivity contribution is 5.87. The molecule has 0 aliphatic heterocycles. The second-order valence-corrected chi connectivity index (χ2v) is 3.92. The summed E-state index contributed by atoms with van der Waals surface area (Å²) in [6.07, 6.45) is 1.72. The van der Waals surface area contributed by atoms with E-state index in [1.807, 2.05) is 6.07 Å². The van der Waals surface area contributed by atoms with Gasteiger partial charge in [0.2, 0.25) is 0 Å². The summed E-state index contributed by atoms with van der Waals surface area (Å²) in [5.74, 6) is -0.370. The molecule has 0 unspecified atom stereocenters. The van der Waals surface area contributed by atoms with Gasteiger partial charge in [-0.15, -0.1) is 0 Å². The first kappa shape index (κ1) is 9.72. The number of carboxylic acid groups (broad SMARTS) is 1. The van der Waals surface area contributed by atoms with E-state index in [-0.39, 0.29) is 5.92 Å². The maximum Gasteiger partial charge on any atom is 0.335 e. The Kier molecular flexibility index (Phi) is 2.42. The molecule has 15 heavy (non-hydrogen) atoms. The van der Waals surface area contributed by atoms with Crippen LogP contribution >= 0.6 is 0 Å². The number of nitrogens with zero attached hydrogens (tertiary/aromatic N) is 1. The van der Waals surface area contributed by atoms with Crippen molar-refractivity contribution < 1.29 is 9.90 Å². The number of rotatable bonds is 2. The molecule has 1 saturated carbocycles. The zero-order valence-corrected chi connectivity index (χ0v) is 8.18. The van der Waals surface area contributed by atoms with E-state index in [1.165, 1.54) is 0 Å². The summed E-state index contributed by atoms with van der Waals surface area (Å²) < 4.78 is 0. The Morgan fingerprint density at radius 3 is 2.80 bits per heavy atom. The van der Waals surface area contributed by atoms with Crippen molar-refractivity contribution in [2.24, 2.45) is 5.92 Å². The van der Waals surface area contributed by atoms with Crippen molar-refractivity contribution in [1.29, 1.82) is 5.26 Å². The zero-order chi connectivity index (χ0) is 10.8. The number of carboxylic acids is 1. The maximum atomic E-state index is 10.8. The lowest BCUT2D eigenvalue weighted by Crippen LogP contribution is -2.20. The van der Waals surface area contributed by atoms with Gasteiger partial charge in [-0.2, -0.15) is 5.26 Å². The average Bonchev–Trinajstić information content (AvgIpc) is 2.16. The highest BCUT2D eigenvalue weighted by Crippen LogP contribution is 2.41. The summed E-state index contributed by atoms with van der Waals surface area (Å²) in [5, 5.41) is 17.5. The predicted molar refractivity (Wildman–Crippen MR) is 54.5 cm³/mol. The van der Waals surface area contributed by atoms with Gasteiger partial charge in [0.15, 0.2) is 0 Å². The van der Waals surface area contributed by atoms with Crippen LogP contribution in [0.5, 0.6) is 0 Å². The van der Waals surface area contributed by atoms with E-state index in [0.29, 0.717) is 11.5 Å². The topological polar surface area (TPSA) is 61.1 Å². The van der Waals surface area contributed by atoms with Crippen LogP contribution in [0.15, 0.2) is 24.3 Å². The molecule has 1 N–H and O–H groups in total. The Balaban J connectivity index is 2.14. The van der Waals surface area contributed by atoms with Gasteiger partial charge in [0.05, 0.1) is 11.6 Å². The zero-order valence-electron chi connectivity index (χ0n) is 8.18. The minimum atomic E-state index is -0.895. The van der Waals surface area contributed by atoms with Crippen molar-refractivity contribution in [3.8, 4) is 6.07 Å². The molecule has 1 aromatic rings. The SMILES string of the molecule is N#CC1CC(c2cccc(C(=O)O)c2)C1. The minimum Gasteiger partial charge on any atom is -0.478 e. The van der Waals surface area contributed by atoms with E-state index < -0.39 is 5.97 Å². The molecule has 0 saturated heterocycles. The summed E-state index contributed by atoms with van der Waals surface area (Å²) in [6.45, 7) is 0. The fraction of sp³-hybridized carbons (Fsp3) is 0.333. The Morgan fingerprint density at radius 2 is 2.20 bits per heavy atom. The molecule has 1 fully saturated rings. The molecule has 1 aromatic carbocycles. The normalized spacial score (nSPS) is 23.9. The summed E-state index contributed by atoms with van der Waals surface area (Å²) in [6, 6.07) is 9.22. The number of benzene rings is 1. The first-order valence-electron chi connectivity index (χ1n) is 4.93. The molecule has 1 aliphatic rings. The van der Waals surface area contributed by atoms with Crippen LogP contribution in [0, 0.1) is 17.2 Å². The molecule has 0 heterocycles. The minimum absolute atomic E-state index is 0.156. The van der Waals surface area contributed by atoms with Crippen molar-refractivity contribution in [1.82, 2.24) is 0 Å². The first-order chi connectivity index (χ1) is 7.20. The molecule has 0 amide bonds. The summed E-state index contributed by atoms with van der Waals surface area (Å²) >= 11 is 0. The maximum absolute atomic E-state index is 10.8. The molecule has 3 nitrogen and oxygen atoms in total. The number of carbonyl (C=O) groups is 1. The largest absolute Gasteiger partial charge is 0.478 e. The van der Waals surface area contributed by atoms with Crippen molar-refractivity contribution >= 4 is 5.97 Å². The molecule has 3 heteroatoms. The number of nitriles is 1. The van der Waals surface area contributed by atoms with E-state index in [2.05, 4.69) is 6.07 Å². The molecule has 0 radical (unpaired) electrons. The van der Waals surface area contributed by atoms with E-state index in [4.69, 9.17) is 10.4 Å². The van der Waals surface area contributed by atoms with Crippen LogP contribution in [0.2, 0.25) is 0 Å². The van der Waals surface area contributed by atoms with Gasteiger partial charge in [-0.3, -0.25) is 0 Å². The lowest BCUT2D eigenvalue weighted by atomic mass is 9.72. The summed E-state index contributed by atoms with van der Waals surface area (Å²) in [7, 11) is 0. The van der Waals surface area contributed by atoms with Gasteiger partial charge in [-0.1, -0.05) is 12.1 Å². The molecular formula is C12H11NO2. The molecule has 1 aliphatic carbocycles. The monoisotopic (exact) mass is 201 g/mol. The second-order valence-electron chi connectivity index (χ2n) is 3.92. The molecule has 0 atom stereocenters. The molecule has 2 rings (SSSR count). The average molecular weight is 201 g/mol. The first-order valence-corrected chi connectivity index (χ1v) is 4.93. The third-order valence-electron chi connectivity index (χ3n) is 2.93. The van der Waals surface area contributed by atoms with Gasteiger partial charge in [-0.05, 0) is 36.5 Å². The third kappa shape index (κ3) is 1.84. The van der Waals surface area contributed by atoms with Gasteiger partial charge in [0.25, 0.3) is 0 Å².